The SMILES string of the molecule is CCCCCCCCCCCCCCCCCCCCC(O)C(CO)NC(=O)CCCCCCCCCCCCCCCCCCCCCCCCCCOC(=O)CCCCCCCCCCCCCCCCCCC. The van der Waals surface area contributed by atoms with Gasteiger partial charge in [0.25, 0.3) is 0 Å². The van der Waals surface area contributed by atoms with E-state index in [1.54, 1.807) is 0 Å². The molecular weight excluding hydrogens is 935 g/mol. The van der Waals surface area contributed by atoms with E-state index in [0.717, 1.165) is 38.5 Å². The van der Waals surface area contributed by atoms with Crippen molar-refractivity contribution in [2.45, 2.75) is 424 Å². The van der Waals surface area contributed by atoms with Gasteiger partial charge in [0, 0.05) is 12.8 Å². The number of aliphatic hydroxyl groups excluding tert-OH is 2. The van der Waals surface area contributed by atoms with Gasteiger partial charge in [-0.15, -0.1) is 0 Å². The van der Waals surface area contributed by atoms with Gasteiger partial charge < -0.3 is 20.3 Å². The summed E-state index contributed by atoms with van der Waals surface area (Å²) >= 11 is 0. The molecule has 0 aromatic carbocycles. The predicted octanol–water partition coefficient (Wildman–Crippen LogP) is 22.6. The third-order valence-electron chi connectivity index (χ3n) is 16.9. The first-order valence-electron chi connectivity index (χ1n) is 35.3. The Labute approximate surface area is 476 Å². The summed E-state index contributed by atoms with van der Waals surface area (Å²) in [6.07, 6.45) is 80.0. The Morgan fingerprint density at radius 1 is 0.316 bits per heavy atom. The maximum atomic E-state index is 12.5. The zero-order chi connectivity index (χ0) is 55.0. The van der Waals surface area contributed by atoms with Crippen LogP contribution in [0.25, 0.3) is 0 Å². The topological polar surface area (TPSA) is 95.9 Å². The van der Waals surface area contributed by atoms with Crippen molar-refractivity contribution in [3.05, 3.63) is 0 Å². The van der Waals surface area contributed by atoms with Crippen molar-refractivity contribution < 1.29 is 24.5 Å². The molecule has 0 bridgehead atoms. The lowest BCUT2D eigenvalue weighted by Crippen LogP contribution is -2.45. The van der Waals surface area contributed by atoms with E-state index in [1.165, 1.54) is 340 Å². The molecule has 0 saturated carbocycles. The Kier molecular flexibility index (Phi) is 65.4. The van der Waals surface area contributed by atoms with Gasteiger partial charge in [0.1, 0.15) is 0 Å². The molecule has 1 amide bonds. The van der Waals surface area contributed by atoms with Gasteiger partial charge in [-0.3, -0.25) is 9.59 Å². The zero-order valence-electron chi connectivity index (χ0n) is 52.0. The molecule has 0 fully saturated rings. The van der Waals surface area contributed by atoms with E-state index in [2.05, 4.69) is 19.2 Å². The fourth-order valence-corrected chi connectivity index (χ4v) is 11.5. The molecule has 0 aliphatic carbocycles. The van der Waals surface area contributed by atoms with E-state index >= 15 is 0 Å². The second-order valence-corrected chi connectivity index (χ2v) is 24.6. The first-order valence-corrected chi connectivity index (χ1v) is 35.3. The van der Waals surface area contributed by atoms with Crippen molar-refractivity contribution in [2.24, 2.45) is 0 Å². The standard InChI is InChI=1S/C70H139NO5/c1-3-5-7-9-11-13-15-17-19-21-31-34-38-42-46-50-54-58-62-68(73)67(66-72)71-69(74)63-59-55-51-47-43-39-35-32-28-26-24-22-23-25-27-29-33-37-41-45-49-53-57-61-65-76-70(75)64-60-56-52-48-44-40-36-30-20-18-16-14-12-10-8-6-4-2/h67-68,72-73H,3-66H2,1-2H3,(H,71,74). The molecule has 76 heavy (non-hydrogen) atoms. The van der Waals surface area contributed by atoms with Gasteiger partial charge in [0.2, 0.25) is 5.91 Å². The normalized spacial score (nSPS) is 12.4. The van der Waals surface area contributed by atoms with Crippen LogP contribution in [-0.2, 0) is 14.3 Å². The lowest BCUT2D eigenvalue weighted by molar-refractivity contribution is -0.143. The van der Waals surface area contributed by atoms with Gasteiger partial charge in [0.15, 0.2) is 0 Å². The molecule has 0 aromatic heterocycles. The molecule has 2 unspecified atom stereocenters. The maximum Gasteiger partial charge on any atom is 0.305 e. The quantitative estimate of drug-likeness (QED) is 0.0417. The molecule has 0 heterocycles. The summed E-state index contributed by atoms with van der Waals surface area (Å²) in [5.41, 5.74) is 0. The van der Waals surface area contributed by atoms with Crippen molar-refractivity contribution in [3.63, 3.8) is 0 Å². The highest BCUT2D eigenvalue weighted by molar-refractivity contribution is 5.76. The molecule has 0 aliphatic heterocycles. The average molecular weight is 1070 g/mol. The highest BCUT2D eigenvalue weighted by Gasteiger charge is 2.20. The molecule has 0 aliphatic rings. The van der Waals surface area contributed by atoms with Gasteiger partial charge >= 0.3 is 5.97 Å². The number of esters is 1. The van der Waals surface area contributed by atoms with Gasteiger partial charge in [-0.2, -0.15) is 0 Å². The number of amides is 1. The molecule has 2 atom stereocenters. The van der Waals surface area contributed by atoms with Gasteiger partial charge in [0.05, 0.1) is 25.4 Å². The molecule has 0 aromatic rings. The van der Waals surface area contributed by atoms with E-state index in [4.69, 9.17) is 4.74 Å². The van der Waals surface area contributed by atoms with Crippen LogP contribution in [0.15, 0.2) is 0 Å². The van der Waals surface area contributed by atoms with Crippen molar-refractivity contribution in [1.82, 2.24) is 5.32 Å². The molecule has 6 nitrogen and oxygen atoms in total. The van der Waals surface area contributed by atoms with Crippen LogP contribution in [0, 0.1) is 0 Å². The summed E-state index contributed by atoms with van der Waals surface area (Å²) in [6, 6.07) is -0.540. The molecule has 0 saturated heterocycles. The van der Waals surface area contributed by atoms with Crippen molar-refractivity contribution in [2.75, 3.05) is 13.2 Å². The number of hydrogen-bond acceptors (Lipinski definition) is 5. The lowest BCUT2D eigenvalue weighted by Gasteiger charge is -2.22. The van der Waals surface area contributed by atoms with Gasteiger partial charge in [-0.25, -0.2) is 0 Å². The number of unbranched alkanes of at least 4 members (excludes halogenated alkanes) is 56. The van der Waals surface area contributed by atoms with Crippen LogP contribution in [-0.4, -0.2) is 47.4 Å². The van der Waals surface area contributed by atoms with Crippen LogP contribution in [0.2, 0.25) is 0 Å². The number of rotatable bonds is 67. The van der Waals surface area contributed by atoms with Crippen LogP contribution in [0.4, 0.5) is 0 Å². The summed E-state index contributed by atoms with van der Waals surface area (Å²) in [6.45, 7) is 5.01. The monoisotopic (exact) mass is 1070 g/mol. The number of nitrogens with one attached hydrogen (secondary N) is 1. The summed E-state index contributed by atoms with van der Waals surface area (Å²) < 4.78 is 5.51. The Hall–Kier alpha value is -1.14. The second-order valence-electron chi connectivity index (χ2n) is 24.6. The fourth-order valence-electron chi connectivity index (χ4n) is 11.5. The maximum absolute atomic E-state index is 12.5. The molecule has 0 spiro atoms. The first-order chi connectivity index (χ1) is 37.5. The summed E-state index contributed by atoms with van der Waals surface area (Å²) in [5.74, 6) is -0.00812. The van der Waals surface area contributed by atoms with E-state index in [9.17, 15) is 19.8 Å². The molecule has 6 heteroatoms. The minimum atomic E-state index is -0.663. The third-order valence-corrected chi connectivity index (χ3v) is 16.9. The van der Waals surface area contributed by atoms with Crippen LogP contribution in [0.1, 0.15) is 412 Å². The highest BCUT2D eigenvalue weighted by Crippen LogP contribution is 2.20. The Balaban J connectivity index is 3.34. The van der Waals surface area contributed by atoms with Crippen molar-refractivity contribution in [1.29, 1.82) is 0 Å². The highest BCUT2D eigenvalue weighted by atomic mass is 16.5. The number of ether oxygens (including phenoxy) is 1. The van der Waals surface area contributed by atoms with Gasteiger partial charge in [-0.1, -0.05) is 373 Å². The molecule has 3 N–H and O–H groups in total. The molecule has 0 radical (unpaired) electrons. The zero-order valence-corrected chi connectivity index (χ0v) is 52.0. The fraction of sp³-hybridized carbons (Fsp3) is 0.971. The van der Waals surface area contributed by atoms with E-state index in [0.29, 0.717) is 25.9 Å². The summed E-state index contributed by atoms with van der Waals surface area (Å²) in [7, 11) is 0. The van der Waals surface area contributed by atoms with Crippen LogP contribution in [0.5, 0.6) is 0 Å². The lowest BCUT2D eigenvalue weighted by atomic mass is 10.0. The van der Waals surface area contributed by atoms with Gasteiger partial charge in [-0.05, 0) is 25.7 Å². The smallest absolute Gasteiger partial charge is 0.305 e. The van der Waals surface area contributed by atoms with E-state index < -0.39 is 12.1 Å². The summed E-state index contributed by atoms with van der Waals surface area (Å²) in [5, 5.41) is 23.4. The van der Waals surface area contributed by atoms with Crippen molar-refractivity contribution >= 4 is 11.9 Å². The largest absolute Gasteiger partial charge is 0.466 e. The summed E-state index contributed by atoms with van der Waals surface area (Å²) in [4.78, 5) is 24.6. The third kappa shape index (κ3) is 62.1. The second kappa shape index (κ2) is 66.4. The average Bonchev–Trinajstić information content (AvgIpc) is 3.42. The van der Waals surface area contributed by atoms with Crippen LogP contribution in [0.3, 0.4) is 0 Å². The number of carbonyl (C=O) groups excluding carboxylic acids is 2. The molecular formula is C70H139NO5. The first kappa shape index (κ1) is 74.9. The minimum Gasteiger partial charge on any atom is -0.466 e. The van der Waals surface area contributed by atoms with E-state index in [1.807, 2.05) is 0 Å². The molecule has 454 valence electrons. The Morgan fingerprint density at radius 3 is 0.803 bits per heavy atom. The Bertz CT molecular complexity index is 1100. The van der Waals surface area contributed by atoms with Crippen molar-refractivity contribution in [3.8, 4) is 0 Å². The predicted molar refractivity (Wildman–Crippen MR) is 334 cm³/mol. The van der Waals surface area contributed by atoms with E-state index in [-0.39, 0.29) is 18.5 Å². The minimum absolute atomic E-state index is 0.0209. The van der Waals surface area contributed by atoms with Crippen LogP contribution >= 0.6 is 0 Å². The Morgan fingerprint density at radius 2 is 0.539 bits per heavy atom. The molecule has 0 rings (SSSR count). The number of hydrogen-bond donors (Lipinski definition) is 3. The number of carbonyl (C=O) groups is 2. The number of aliphatic hydroxyl groups is 2. The van der Waals surface area contributed by atoms with Crippen LogP contribution < -0.4 is 5.32 Å².